The number of pyridine rings is 2. The third-order valence-corrected chi connectivity index (χ3v) is 8.15. The highest BCUT2D eigenvalue weighted by Crippen LogP contribution is 2.30. The molecule has 4 rings (SSSR count). The van der Waals surface area contributed by atoms with Gasteiger partial charge < -0.3 is 24.9 Å². The van der Waals surface area contributed by atoms with Gasteiger partial charge in [0.15, 0.2) is 0 Å². The lowest BCUT2D eigenvalue weighted by Gasteiger charge is -1.98. The molecule has 0 saturated heterocycles. The lowest BCUT2D eigenvalue weighted by atomic mass is 10.3. The molecular weight excluding hydrogens is 660 g/mol. The van der Waals surface area contributed by atoms with Gasteiger partial charge in [-0.15, -0.1) is 22.7 Å². The number of hydrogen-bond acceptors (Lipinski definition) is 8. The Morgan fingerprint density at radius 2 is 1.34 bits per heavy atom. The van der Waals surface area contributed by atoms with E-state index in [-0.39, 0.29) is 30.4 Å². The van der Waals surface area contributed by atoms with Crippen LogP contribution in [0.3, 0.4) is 0 Å². The van der Waals surface area contributed by atoms with E-state index >= 15 is 0 Å². The first-order valence-corrected chi connectivity index (χ1v) is 14.4. The van der Waals surface area contributed by atoms with Crippen molar-refractivity contribution in [3.8, 4) is 0 Å². The molecule has 3 N–H and O–H groups in total. The van der Waals surface area contributed by atoms with Crippen LogP contribution in [0.1, 0.15) is 47.5 Å². The Kier molecular flexibility index (Phi) is 13.6. The van der Waals surface area contributed by atoms with Crippen molar-refractivity contribution in [2.24, 2.45) is 19.8 Å². The van der Waals surface area contributed by atoms with E-state index in [0.29, 0.717) is 32.3 Å². The van der Waals surface area contributed by atoms with Crippen molar-refractivity contribution in [2.75, 3.05) is 19.7 Å². The minimum absolute atomic E-state index is 0. The Morgan fingerprint density at radius 3 is 1.76 bits per heavy atom. The van der Waals surface area contributed by atoms with Gasteiger partial charge in [0.1, 0.15) is 14.3 Å². The van der Waals surface area contributed by atoms with Gasteiger partial charge in [-0.25, -0.2) is 4.79 Å². The van der Waals surface area contributed by atoms with E-state index in [1.165, 1.54) is 20.5 Å². The van der Waals surface area contributed by atoms with E-state index in [1.807, 2.05) is 13.8 Å². The monoisotopic (exact) mass is 690 g/mol. The Bertz CT molecular complexity index is 1420. The number of thiophene rings is 2. The van der Waals surface area contributed by atoms with Crippen LogP contribution in [-0.2, 0) is 18.8 Å². The molecular formula is C25H32Br2N4O5S2. The normalized spacial score (nSPS) is 10.1. The summed E-state index contributed by atoms with van der Waals surface area (Å²) < 4.78 is 10.7. The first-order chi connectivity index (χ1) is 17.5. The fourth-order valence-electron chi connectivity index (χ4n) is 3.03. The first kappa shape index (κ1) is 33.7. The van der Waals surface area contributed by atoms with Crippen LogP contribution < -0.4 is 22.2 Å². The second-order valence-electron chi connectivity index (χ2n) is 7.48. The molecule has 4 heterocycles. The van der Waals surface area contributed by atoms with Crippen LogP contribution in [-0.4, -0.2) is 40.7 Å². The molecule has 208 valence electrons. The summed E-state index contributed by atoms with van der Waals surface area (Å²) >= 11 is 9.16. The summed E-state index contributed by atoms with van der Waals surface area (Å²) in [5.41, 5.74) is 4.66. The molecule has 4 aromatic heterocycles. The number of halogens is 2. The number of nitrogens with two attached hydrogens (primary N) is 1. The zero-order chi connectivity index (χ0) is 27.9. The van der Waals surface area contributed by atoms with Crippen LogP contribution in [0.5, 0.6) is 0 Å². The van der Waals surface area contributed by atoms with E-state index in [0.717, 1.165) is 37.6 Å². The van der Waals surface area contributed by atoms with Crippen LogP contribution in [0.4, 0.5) is 0 Å². The topological polar surface area (TPSA) is 125 Å². The molecule has 0 atom stereocenters. The maximum Gasteiger partial charge on any atom is 0.348 e. The van der Waals surface area contributed by atoms with E-state index in [4.69, 9.17) is 10.5 Å². The zero-order valence-corrected chi connectivity index (χ0v) is 25.8. The number of ether oxygens (including phenoxy) is 1. The van der Waals surface area contributed by atoms with Gasteiger partial charge in [0, 0.05) is 52.8 Å². The first-order valence-electron chi connectivity index (χ1n) is 11.2. The van der Waals surface area contributed by atoms with Crippen molar-refractivity contribution in [1.29, 1.82) is 0 Å². The third kappa shape index (κ3) is 7.85. The van der Waals surface area contributed by atoms with Crippen molar-refractivity contribution >= 4 is 86.6 Å². The predicted molar refractivity (Wildman–Crippen MR) is 165 cm³/mol. The predicted octanol–water partition coefficient (Wildman–Crippen LogP) is 5.25. The Balaban J connectivity index is 0.000000337. The number of aryl methyl sites for hydroxylation is 2. The number of aromatic nitrogens is 2. The largest absolute Gasteiger partial charge is 0.462 e. The minimum atomic E-state index is -0.386. The average molecular weight is 692 g/mol. The van der Waals surface area contributed by atoms with E-state index in [2.05, 4.69) is 37.2 Å². The smallest absolute Gasteiger partial charge is 0.348 e. The molecule has 0 fully saturated rings. The molecule has 0 saturated carbocycles. The number of rotatable bonds is 4. The molecule has 0 spiro atoms. The highest BCUT2D eigenvalue weighted by Gasteiger charge is 2.16. The maximum absolute atomic E-state index is 11.9. The van der Waals surface area contributed by atoms with Crippen molar-refractivity contribution in [1.82, 2.24) is 14.5 Å². The highest BCUT2D eigenvalue weighted by molar-refractivity contribution is 9.11. The summed E-state index contributed by atoms with van der Waals surface area (Å²) in [5.74, 6) is -0.523. The zero-order valence-electron chi connectivity index (χ0n) is 21.0. The summed E-state index contributed by atoms with van der Waals surface area (Å²) in [7, 11) is 3.37. The summed E-state index contributed by atoms with van der Waals surface area (Å²) in [6.07, 6.45) is 3.39. The molecule has 4 aromatic rings. The Hall–Kier alpha value is -2.32. The second-order valence-corrected chi connectivity index (χ2v) is 11.3. The SMILES string of the molecule is C.CCN.CCNC(=O)c1cc2c(Br)cn(C)c(=O)c2s1.CCOC(=O)c1cc2c(Br)cn(C)c(=O)c2s1. The Labute approximate surface area is 245 Å². The molecule has 0 aliphatic heterocycles. The number of fused-ring (bicyclic) bond motifs is 2. The molecule has 0 aliphatic carbocycles. The molecule has 13 heteroatoms. The molecule has 1 amide bonds. The van der Waals surface area contributed by atoms with Gasteiger partial charge in [0.05, 0.1) is 11.5 Å². The molecule has 0 aliphatic rings. The molecule has 38 heavy (non-hydrogen) atoms. The van der Waals surface area contributed by atoms with Gasteiger partial charge in [-0.3, -0.25) is 14.4 Å². The van der Waals surface area contributed by atoms with Crippen LogP contribution in [0, 0.1) is 0 Å². The third-order valence-electron chi connectivity index (χ3n) is 4.66. The lowest BCUT2D eigenvalue weighted by Crippen LogP contribution is -2.21. The van der Waals surface area contributed by atoms with Gasteiger partial charge in [-0.05, 0) is 64.4 Å². The average Bonchev–Trinajstić information content (AvgIpc) is 3.49. The number of nitrogens with one attached hydrogen (secondary N) is 1. The molecule has 9 nitrogen and oxygen atoms in total. The fourth-order valence-corrected chi connectivity index (χ4v) is 6.66. The van der Waals surface area contributed by atoms with E-state index < -0.39 is 0 Å². The second kappa shape index (κ2) is 15.3. The molecule has 0 unspecified atom stereocenters. The summed E-state index contributed by atoms with van der Waals surface area (Å²) in [6.45, 7) is 7.17. The van der Waals surface area contributed by atoms with Crippen LogP contribution in [0.2, 0.25) is 0 Å². The standard InChI is InChI=1S/C11H11BrN2O2S.C11H10BrNO3S.C2H7N.CH4/c1-3-13-10(15)8-4-6-7(12)5-14(2)11(16)9(6)17-8;1-3-16-11(15)8-4-6-7(12)5-13(2)10(14)9(6)17-8;1-2-3;/h4-5H,3H2,1-2H3,(H,13,15);4-5H,3H2,1-2H3;2-3H2,1H3;1H4. The molecule has 0 bridgehead atoms. The minimum Gasteiger partial charge on any atom is -0.462 e. The van der Waals surface area contributed by atoms with Crippen molar-refractivity contribution in [2.45, 2.75) is 28.2 Å². The molecule has 0 radical (unpaired) electrons. The number of hydrogen-bond donors (Lipinski definition) is 2. The van der Waals surface area contributed by atoms with Crippen LogP contribution >= 0.6 is 54.5 Å². The van der Waals surface area contributed by atoms with Gasteiger partial charge in [-0.2, -0.15) is 0 Å². The number of esters is 1. The number of nitrogens with zero attached hydrogens (tertiary/aromatic N) is 2. The van der Waals surface area contributed by atoms with Crippen LogP contribution in [0.25, 0.3) is 20.2 Å². The summed E-state index contributed by atoms with van der Waals surface area (Å²) in [6, 6.07) is 3.43. The summed E-state index contributed by atoms with van der Waals surface area (Å²) in [4.78, 5) is 48.1. The number of carbonyl (C=O) groups is 2. The van der Waals surface area contributed by atoms with Crippen molar-refractivity contribution in [3.05, 3.63) is 63.9 Å². The molecule has 0 aromatic carbocycles. The quantitative estimate of drug-likeness (QED) is 0.282. The van der Waals surface area contributed by atoms with Crippen LogP contribution in [0.15, 0.2) is 43.1 Å². The number of carbonyl (C=O) groups excluding carboxylic acids is 2. The van der Waals surface area contributed by atoms with Gasteiger partial charge in [0.2, 0.25) is 0 Å². The van der Waals surface area contributed by atoms with E-state index in [9.17, 15) is 19.2 Å². The van der Waals surface area contributed by atoms with Crippen molar-refractivity contribution < 1.29 is 14.3 Å². The maximum atomic E-state index is 11.9. The van der Waals surface area contributed by atoms with E-state index in [1.54, 1.807) is 45.5 Å². The lowest BCUT2D eigenvalue weighted by molar-refractivity contribution is 0.0532. The number of amides is 1. The highest BCUT2D eigenvalue weighted by atomic mass is 79.9. The van der Waals surface area contributed by atoms with Gasteiger partial charge in [-0.1, -0.05) is 14.4 Å². The Morgan fingerprint density at radius 1 is 0.921 bits per heavy atom. The summed E-state index contributed by atoms with van der Waals surface area (Å²) in [5, 5.41) is 4.27. The fraction of sp³-hybridized carbons (Fsp3) is 0.360. The van der Waals surface area contributed by atoms with Crippen molar-refractivity contribution in [3.63, 3.8) is 0 Å². The van der Waals surface area contributed by atoms with Gasteiger partial charge >= 0.3 is 5.97 Å². The van der Waals surface area contributed by atoms with Gasteiger partial charge in [0.25, 0.3) is 17.0 Å².